The average Bonchev–Trinajstić information content (AvgIpc) is 3.26. The number of aryl methyl sites for hydroxylation is 1. The van der Waals surface area contributed by atoms with Crippen LogP contribution in [0, 0.1) is 6.92 Å². The number of carbonyl (C=O) groups is 2. The summed E-state index contributed by atoms with van der Waals surface area (Å²) < 4.78 is 26.8. The van der Waals surface area contributed by atoms with Crippen LogP contribution in [0.5, 0.6) is 0 Å². The summed E-state index contributed by atoms with van der Waals surface area (Å²) in [6, 6.07) is 18.4. The molecule has 0 saturated heterocycles. The Labute approximate surface area is 238 Å². The van der Waals surface area contributed by atoms with Gasteiger partial charge in [-0.3, -0.25) is 9.63 Å². The van der Waals surface area contributed by atoms with E-state index in [1.54, 1.807) is 32.2 Å². The molecule has 4 N–H and O–H groups in total. The number of nitrogens with one attached hydrogen (secondary N) is 2. The molecule has 1 aliphatic rings. The highest BCUT2D eigenvalue weighted by atomic mass is 32.2. The monoisotopic (exact) mass is 580 g/mol. The van der Waals surface area contributed by atoms with Crippen molar-refractivity contribution in [2.24, 2.45) is 0 Å². The maximum absolute atomic E-state index is 13.2. The Bertz CT molecular complexity index is 1570. The van der Waals surface area contributed by atoms with Crippen LogP contribution in [-0.2, 0) is 19.7 Å². The molecule has 0 bridgehead atoms. The fourth-order valence-corrected chi connectivity index (χ4v) is 5.36. The van der Waals surface area contributed by atoms with E-state index in [2.05, 4.69) is 10.6 Å². The highest BCUT2D eigenvalue weighted by Gasteiger charge is 2.30. The lowest BCUT2D eigenvalue weighted by Gasteiger charge is -2.20. The molecular weight excluding hydrogens is 548 g/mol. The first kappa shape index (κ1) is 29.9. The number of anilines is 2. The van der Waals surface area contributed by atoms with Gasteiger partial charge in [0.05, 0.1) is 40.6 Å². The summed E-state index contributed by atoms with van der Waals surface area (Å²) >= 11 is 0. The molecule has 0 atom stereocenters. The van der Waals surface area contributed by atoms with Gasteiger partial charge in [0.1, 0.15) is 0 Å². The van der Waals surface area contributed by atoms with Crippen LogP contribution < -0.4 is 10.6 Å². The van der Waals surface area contributed by atoms with Gasteiger partial charge < -0.3 is 25.7 Å². The Kier molecular flexibility index (Phi) is 9.21. The Morgan fingerprint density at radius 3 is 2.34 bits per heavy atom. The SMILES string of the molecule is Cc1cc2c(cc1C(=O)O)NC(=O)C2=C(Nc1ccc(S(=O)(=O)N(C)OCCN(C)CCO)cc1)c1ccccc1. The molecule has 216 valence electrons. The molecular formula is C29H32N4O7S. The van der Waals surface area contributed by atoms with E-state index >= 15 is 0 Å². The molecule has 1 amide bonds. The van der Waals surface area contributed by atoms with Crippen molar-refractivity contribution in [1.82, 2.24) is 9.37 Å². The van der Waals surface area contributed by atoms with Crippen molar-refractivity contribution in [1.29, 1.82) is 0 Å². The van der Waals surface area contributed by atoms with Crippen LogP contribution in [0.25, 0.3) is 11.3 Å². The van der Waals surface area contributed by atoms with Crippen LogP contribution in [-0.4, -0.2) is 80.3 Å². The number of likely N-dealkylation sites (N-methyl/N-ethyl adjacent to an activating group) is 1. The first-order valence-corrected chi connectivity index (χ1v) is 14.2. The van der Waals surface area contributed by atoms with Crippen LogP contribution in [0.1, 0.15) is 27.0 Å². The normalized spacial score (nSPS) is 14.2. The number of aliphatic hydroxyl groups excluding tert-OH is 1. The minimum Gasteiger partial charge on any atom is -0.478 e. The molecule has 0 spiro atoms. The summed E-state index contributed by atoms with van der Waals surface area (Å²) in [4.78, 5) is 32.0. The van der Waals surface area contributed by atoms with Crippen molar-refractivity contribution in [2.45, 2.75) is 11.8 Å². The molecule has 41 heavy (non-hydrogen) atoms. The molecule has 12 heteroatoms. The van der Waals surface area contributed by atoms with Crippen molar-refractivity contribution in [2.75, 3.05) is 51.0 Å². The number of amides is 1. The first-order chi connectivity index (χ1) is 19.5. The second-order valence-electron chi connectivity index (χ2n) is 9.51. The van der Waals surface area contributed by atoms with Gasteiger partial charge in [0.15, 0.2) is 0 Å². The van der Waals surface area contributed by atoms with Gasteiger partial charge in [-0.05, 0) is 61.5 Å². The van der Waals surface area contributed by atoms with Gasteiger partial charge in [-0.2, -0.15) is 0 Å². The van der Waals surface area contributed by atoms with Gasteiger partial charge >= 0.3 is 5.97 Å². The van der Waals surface area contributed by atoms with E-state index in [1.165, 1.54) is 25.2 Å². The number of fused-ring (bicyclic) bond motifs is 1. The molecule has 3 aromatic carbocycles. The third kappa shape index (κ3) is 6.64. The Balaban J connectivity index is 1.63. The van der Waals surface area contributed by atoms with Crippen LogP contribution in [0.4, 0.5) is 11.4 Å². The topological polar surface area (TPSA) is 149 Å². The van der Waals surface area contributed by atoms with Crippen LogP contribution in [0.2, 0.25) is 0 Å². The van der Waals surface area contributed by atoms with E-state index in [0.29, 0.717) is 52.4 Å². The Hall–Kier alpha value is -4.07. The number of hydroxylamine groups is 1. The lowest BCUT2D eigenvalue weighted by Crippen LogP contribution is -2.32. The summed E-state index contributed by atoms with van der Waals surface area (Å²) in [7, 11) is -0.824. The molecule has 0 unspecified atom stereocenters. The number of hydrogen-bond donors (Lipinski definition) is 4. The number of aromatic carboxylic acids is 1. The van der Waals surface area contributed by atoms with Gasteiger partial charge in [0.2, 0.25) is 0 Å². The van der Waals surface area contributed by atoms with Gasteiger partial charge in [0.25, 0.3) is 15.9 Å². The highest BCUT2D eigenvalue weighted by molar-refractivity contribution is 7.89. The fourth-order valence-electron chi connectivity index (χ4n) is 4.37. The second kappa shape index (κ2) is 12.6. The van der Waals surface area contributed by atoms with Crippen molar-refractivity contribution in [3.05, 3.63) is 89.0 Å². The zero-order chi connectivity index (χ0) is 29.7. The number of sulfonamides is 1. The number of benzene rings is 3. The maximum atomic E-state index is 13.2. The predicted molar refractivity (Wildman–Crippen MR) is 156 cm³/mol. The molecule has 0 radical (unpaired) electrons. The number of hydrogen-bond acceptors (Lipinski definition) is 8. The third-order valence-electron chi connectivity index (χ3n) is 6.64. The smallest absolute Gasteiger partial charge is 0.336 e. The quantitative estimate of drug-likeness (QED) is 0.187. The minimum absolute atomic E-state index is 0.00380. The molecule has 4 rings (SSSR count). The van der Waals surface area contributed by atoms with Crippen molar-refractivity contribution < 1.29 is 33.1 Å². The molecule has 0 saturated carbocycles. The largest absolute Gasteiger partial charge is 0.478 e. The van der Waals surface area contributed by atoms with E-state index < -0.39 is 21.9 Å². The van der Waals surface area contributed by atoms with Gasteiger partial charge in [-0.25, -0.2) is 13.2 Å². The highest BCUT2D eigenvalue weighted by Crippen LogP contribution is 2.39. The van der Waals surface area contributed by atoms with Gasteiger partial charge in [-0.1, -0.05) is 34.8 Å². The zero-order valence-electron chi connectivity index (χ0n) is 22.9. The number of carboxylic acid groups (broad SMARTS) is 1. The molecule has 1 heterocycles. The summed E-state index contributed by atoms with van der Waals surface area (Å²) in [5.41, 5.74) is 3.63. The Morgan fingerprint density at radius 1 is 1.02 bits per heavy atom. The summed E-state index contributed by atoms with van der Waals surface area (Å²) in [6.07, 6.45) is 0. The van der Waals surface area contributed by atoms with Crippen LogP contribution in [0.15, 0.2) is 71.6 Å². The third-order valence-corrected chi connectivity index (χ3v) is 8.29. The molecule has 11 nitrogen and oxygen atoms in total. The zero-order valence-corrected chi connectivity index (χ0v) is 23.7. The van der Waals surface area contributed by atoms with E-state index in [4.69, 9.17) is 9.94 Å². The summed E-state index contributed by atoms with van der Waals surface area (Å²) in [5, 5.41) is 24.5. The van der Waals surface area contributed by atoms with Crippen molar-refractivity contribution >= 4 is 44.5 Å². The first-order valence-electron chi connectivity index (χ1n) is 12.8. The number of carbonyl (C=O) groups excluding carboxylic acids is 1. The maximum Gasteiger partial charge on any atom is 0.336 e. The van der Waals surface area contributed by atoms with Crippen molar-refractivity contribution in [3.63, 3.8) is 0 Å². The van der Waals surface area contributed by atoms with Crippen molar-refractivity contribution in [3.8, 4) is 0 Å². The molecule has 0 aliphatic carbocycles. The van der Waals surface area contributed by atoms with Gasteiger partial charge in [-0.15, -0.1) is 0 Å². The number of carboxylic acids is 1. The summed E-state index contributed by atoms with van der Waals surface area (Å²) in [6.45, 7) is 2.68. The number of nitrogens with zero attached hydrogens (tertiary/aromatic N) is 2. The van der Waals surface area contributed by atoms with E-state index in [-0.39, 0.29) is 23.7 Å². The average molecular weight is 581 g/mol. The fraction of sp³-hybridized carbons (Fsp3) is 0.241. The summed E-state index contributed by atoms with van der Waals surface area (Å²) in [5.74, 6) is -1.48. The van der Waals surface area contributed by atoms with E-state index in [1.807, 2.05) is 35.2 Å². The predicted octanol–water partition coefficient (Wildman–Crippen LogP) is 3.10. The van der Waals surface area contributed by atoms with Crippen LogP contribution in [0.3, 0.4) is 0 Å². The molecule has 3 aromatic rings. The standard InChI is InChI=1S/C29H32N4O7S/c1-19-17-24-25(18-23(19)29(36)37)31-28(35)26(24)27(20-7-5-4-6-8-20)30-21-9-11-22(12-10-21)41(38,39)33(3)40-16-14-32(2)13-15-34/h4-12,17-18,30,34H,13-16H2,1-3H3,(H,31,35)(H,36,37). The van der Waals surface area contributed by atoms with E-state index in [9.17, 15) is 23.1 Å². The lowest BCUT2D eigenvalue weighted by molar-refractivity contribution is -0.110. The van der Waals surface area contributed by atoms with E-state index in [0.717, 1.165) is 4.47 Å². The number of rotatable bonds is 12. The molecule has 0 aromatic heterocycles. The van der Waals surface area contributed by atoms with Crippen LogP contribution >= 0.6 is 0 Å². The second-order valence-corrected chi connectivity index (χ2v) is 11.4. The molecule has 0 fully saturated rings. The lowest BCUT2D eigenvalue weighted by atomic mass is 9.96. The number of aliphatic hydroxyl groups is 1. The molecule has 1 aliphatic heterocycles. The minimum atomic E-state index is -3.94. The Morgan fingerprint density at radius 2 is 1.71 bits per heavy atom. The van der Waals surface area contributed by atoms with Gasteiger partial charge in [0, 0.05) is 31.4 Å².